The third-order valence-corrected chi connectivity index (χ3v) is 6.41. The molecule has 29 heavy (non-hydrogen) atoms. The van der Waals surface area contributed by atoms with Crippen molar-refractivity contribution >= 4 is 5.82 Å². The van der Waals surface area contributed by atoms with E-state index in [1.54, 1.807) is 0 Å². The van der Waals surface area contributed by atoms with Crippen LogP contribution >= 0.6 is 0 Å². The lowest BCUT2D eigenvalue weighted by molar-refractivity contribution is 0.0788. The van der Waals surface area contributed by atoms with Gasteiger partial charge in [-0.15, -0.1) is 10.2 Å². The van der Waals surface area contributed by atoms with Gasteiger partial charge in [0, 0.05) is 62.5 Å². The zero-order valence-electron chi connectivity index (χ0n) is 17.4. The van der Waals surface area contributed by atoms with Gasteiger partial charge < -0.3 is 14.1 Å². The molecular formula is C21H30N6O2. The number of nitrogens with zero attached hydrogens (tertiary/aromatic N) is 6. The zero-order chi connectivity index (χ0) is 19.8. The Morgan fingerprint density at radius 3 is 2.38 bits per heavy atom. The van der Waals surface area contributed by atoms with Gasteiger partial charge in [0.25, 0.3) is 0 Å². The van der Waals surface area contributed by atoms with Gasteiger partial charge in [-0.3, -0.25) is 4.90 Å². The summed E-state index contributed by atoms with van der Waals surface area (Å²) < 4.78 is 11.4. The minimum absolute atomic E-state index is 0.353. The molecule has 1 aliphatic carbocycles. The Hall–Kier alpha value is -2.06. The number of hydrogen-bond donors (Lipinski definition) is 0. The lowest BCUT2D eigenvalue weighted by Crippen LogP contribution is -2.46. The number of aromatic nitrogens is 4. The normalized spacial score (nSPS) is 21.7. The van der Waals surface area contributed by atoms with Crippen LogP contribution in [-0.4, -0.2) is 64.5 Å². The topological polar surface area (TPSA) is 80.4 Å². The molecule has 2 aromatic rings. The number of hydrogen-bond acceptors (Lipinski definition) is 8. The van der Waals surface area contributed by atoms with Gasteiger partial charge in [-0.25, -0.2) is 9.97 Å². The van der Waals surface area contributed by atoms with Crippen molar-refractivity contribution in [3.05, 3.63) is 28.9 Å². The van der Waals surface area contributed by atoms with Crippen molar-refractivity contribution in [3.63, 3.8) is 0 Å². The predicted molar refractivity (Wildman–Crippen MR) is 108 cm³/mol. The second kappa shape index (κ2) is 7.99. The summed E-state index contributed by atoms with van der Waals surface area (Å²) in [6, 6.07) is 0. The average Bonchev–Trinajstić information content (AvgIpc) is 3.50. The molecule has 3 fully saturated rings. The molecular weight excluding hydrogens is 368 g/mol. The summed E-state index contributed by atoms with van der Waals surface area (Å²) in [6.07, 6.45) is 4.41. The molecule has 0 radical (unpaired) electrons. The van der Waals surface area contributed by atoms with Gasteiger partial charge in [0.05, 0.1) is 6.54 Å². The first-order valence-electron chi connectivity index (χ1n) is 10.9. The Kier molecular flexibility index (Phi) is 5.22. The van der Waals surface area contributed by atoms with Crippen LogP contribution in [0.25, 0.3) is 0 Å². The minimum Gasteiger partial charge on any atom is -0.424 e. The van der Waals surface area contributed by atoms with E-state index in [-0.39, 0.29) is 0 Å². The molecule has 2 saturated heterocycles. The fraction of sp³-hybridized carbons (Fsp3) is 0.714. The number of rotatable bonds is 5. The van der Waals surface area contributed by atoms with Crippen LogP contribution in [0.1, 0.15) is 66.4 Å². The lowest BCUT2D eigenvalue weighted by Gasteiger charge is -2.35. The average molecular weight is 399 g/mol. The molecule has 3 aliphatic rings. The van der Waals surface area contributed by atoms with Crippen LogP contribution in [-0.2, 0) is 11.3 Å². The summed E-state index contributed by atoms with van der Waals surface area (Å²) in [4.78, 5) is 14.4. The minimum atomic E-state index is 0.353. The number of aryl methyl sites for hydroxylation is 1. The summed E-state index contributed by atoms with van der Waals surface area (Å²) in [5.74, 6) is 4.60. The Morgan fingerprint density at radius 2 is 1.66 bits per heavy atom. The van der Waals surface area contributed by atoms with Gasteiger partial charge in [-0.05, 0) is 39.5 Å². The van der Waals surface area contributed by atoms with E-state index in [1.807, 2.05) is 0 Å². The quantitative estimate of drug-likeness (QED) is 0.760. The summed E-state index contributed by atoms with van der Waals surface area (Å²) in [7, 11) is 0. The molecule has 0 aromatic carbocycles. The highest BCUT2D eigenvalue weighted by atomic mass is 16.5. The van der Waals surface area contributed by atoms with Crippen LogP contribution < -0.4 is 4.90 Å². The van der Waals surface area contributed by atoms with Crippen molar-refractivity contribution in [3.8, 4) is 0 Å². The molecule has 0 bridgehead atoms. The van der Waals surface area contributed by atoms with Gasteiger partial charge in [0.1, 0.15) is 11.6 Å². The maximum Gasteiger partial charge on any atom is 0.230 e. The molecule has 0 spiro atoms. The largest absolute Gasteiger partial charge is 0.424 e. The van der Waals surface area contributed by atoms with Crippen molar-refractivity contribution in [1.29, 1.82) is 0 Å². The molecule has 5 rings (SSSR count). The molecule has 8 heteroatoms. The van der Waals surface area contributed by atoms with E-state index < -0.39 is 0 Å². The Labute approximate surface area is 171 Å². The molecule has 1 saturated carbocycles. The maximum atomic E-state index is 5.97. The highest BCUT2D eigenvalue weighted by molar-refractivity contribution is 5.49. The molecule has 2 aromatic heterocycles. The fourth-order valence-corrected chi connectivity index (χ4v) is 4.22. The summed E-state index contributed by atoms with van der Waals surface area (Å²) in [6.45, 7) is 10.4. The molecule has 0 N–H and O–H groups in total. The van der Waals surface area contributed by atoms with Gasteiger partial charge in [-0.1, -0.05) is 0 Å². The third kappa shape index (κ3) is 4.14. The molecule has 8 nitrogen and oxygen atoms in total. The summed E-state index contributed by atoms with van der Waals surface area (Å²) >= 11 is 0. The third-order valence-electron chi connectivity index (χ3n) is 6.41. The van der Waals surface area contributed by atoms with Gasteiger partial charge in [-0.2, -0.15) is 0 Å². The molecule has 4 heterocycles. The fourth-order valence-electron chi connectivity index (χ4n) is 4.22. The van der Waals surface area contributed by atoms with Crippen molar-refractivity contribution in [2.24, 2.45) is 0 Å². The van der Waals surface area contributed by atoms with Crippen molar-refractivity contribution < 1.29 is 9.15 Å². The molecule has 2 aliphatic heterocycles. The molecule has 0 atom stereocenters. The van der Waals surface area contributed by atoms with Gasteiger partial charge >= 0.3 is 0 Å². The van der Waals surface area contributed by atoms with Gasteiger partial charge in [0.2, 0.25) is 11.8 Å². The van der Waals surface area contributed by atoms with Crippen LogP contribution in [0.4, 0.5) is 5.82 Å². The second-order valence-corrected chi connectivity index (χ2v) is 8.57. The number of anilines is 1. The number of piperazine rings is 1. The molecule has 0 unspecified atom stereocenters. The lowest BCUT2D eigenvalue weighted by atomic mass is 10.0. The van der Waals surface area contributed by atoms with Crippen LogP contribution in [0.2, 0.25) is 0 Å². The van der Waals surface area contributed by atoms with Crippen LogP contribution in [0.5, 0.6) is 0 Å². The van der Waals surface area contributed by atoms with Crippen molar-refractivity contribution in [2.45, 2.75) is 57.9 Å². The monoisotopic (exact) mass is 398 g/mol. The highest BCUT2D eigenvalue weighted by Crippen LogP contribution is 2.39. The van der Waals surface area contributed by atoms with Crippen LogP contribution in [0, 0.1) is 13.8 Å². The van der Waals surface area contributed by atoms with Gasteiger partial charge in [0.15, 0.2) is 0 Å². The van der Waals surface area contributed by atoms with E-state index >= 15 is 0 Å². The van der Waals surface area contributed by atoms with Crippen molar-refractivity contribution in [1.82, 2.24) is 25.1 Å². The zero-order valence-corrected chi connectivity index (χ0v) is 17.4. The standard InChI is InChI=1S/C21H30N6O2/c1-14-15(2)22-19(16-3-4-16)23-20(14)27-9-7-26(8-10-27)13-18-24-25-21(29-18)17-5-11-28-12-6-17/h16-17H,3-13H2,1-2H3. The smallest absolute Gasteiger partial charge is 0.230 e. The molecule has 0 amide bonds. The first-order chi connectivity index (χ1) is 14.2. The van der Waals surface area contributed by atoms with E-state index in [4.69, 9.17) is 19.1 Å². The van der Waals surface area contributed by atoms with E-state index in [1.165, 1.54) is 18.4 Å². The Balaban J connectivity index is 1.20. The van der Waals surface area contributed by atoms with E-state index in [0.29, 0.717) is 11.8 Å². The second-order valence-electron chi connectivity index (χ2n) is 8.57. The predicted octanol–water partition coefficient (Wildman–Crippen LogP) is 2.57. The van der Waals surface area contributed by atoms with E-state index in [0.717, 1.165) is 87.9 Å². The van der Waals surface area contributed by atoms with Crippen LogP contribution in [0.15, 0.2) is 4.42 Å². The van der Waals surface area contributed by atoms with E-state index in [2.05, 4.69) is 33.8 Å². The van der Waals surface area contributed by atoms with Crippen molar-refractivity contribution in [2.75, 3.05) is 44.3 Å². The first-order valence-corrected chi connectivity index (χ1v) is 10.9. The van der Waals surface area contributed by atoms with E-state index in [9.17, 15) is 0 Å². The highest BCUT2D eigenvalue weighted by Gasteiger charge is 2.29. The maximum absolute atomic E-state index is 5.97. The number of ether oxygens (including phenoxy) is 1. The first kappa shape index (κ1) is 18.9. The summed E-state index contributed by atoms with van der Waals surface area (Å²) in [5.41, 5.74) is 2.33. The summed E-state index contributed by atoms with van der Waals surface area (Å²) in [5, 5.41) is 8.59. The Morgan fingerprint density at radius 1 is 0.897 bits per heavy atom. The molecule has 156 valence electrons. The van der Waals surface area contributed by atoms with Crippen LogP contribution in [0.3, 0.4) is 0 Å². The Bertz CT molecular complexity index is 851. The SMILES string of the molecule is Cc1nc(C2CC2)nc(N2CCN(Cc3nnc(C4CCOCC4)o3)CC2)c1C.